The van der Waals surface area contributed by atoms with Gasteiger partial charge in [-0.2, -0.15) is 11.3 Å². The Kier molecular flexibility index (Phi) is 6.28. The van der Waals surface area contributed by atoms with Crippen LogP contribution >= 0.6 is 11.3 Å². The molecule has 0 aliphatic heterocycles. The number of carbonyl (C=O) groups excluding carboxylic acids is 1. The van der Waals surface area contributed by atoms with Crippen molar-refractivity contribution in [3.63, 3.8) is 0 Å². The van der Waals surface area contributed by atoms with Gasteiger partial charge in [-0.05, 0) is 70.6 Å². The Morgan fingerprint density at radius 3 is 2.48 bits per heavy atom. The van der Waals surface area contributed by atoms with Gasteiger partial charge in [0.2, 0.25) is 0 Å². The van der Waals surface area contributed by atoms with E-state index in [0.29, 0.717) is 0 Å². The van der Waals surface area contributed by atoms with Crippen molar-refractivity contribution in [1.29, 1.82) is 0 Å². The predicted molar refractivity (Wildman–Crippen MR) is 122 cm³/mol. The molecule has 3 atom stereocenters. The van der Waals surface area contributed by atoms with Crippen molar-refractivity contribution in [2.45, 2.75) is 24.8 Å². The summed E-state index contributed by atoms with van der Waals surface area (Å²) in [7, 11) is 5.13. The van der Waals surface area contributed by atoms with Crippen molar-refractivity contribution in [3.05, 3.63) is 70.7 Å². The first-order chi connectivity index (χ1) is 15.0. The van der Waals surface area contributed by atoms with E-state index in [1.165, 1.54) is 19.2 Å². The molecule has 2 aromatic carbocycles. The van der Waals surface area contributed by atoms with Crippen LogP contribution in [0.4, 0.5) is 10.1 Å². The number of carbonyl (C=O) groups is 1. The minimum absolute atomic E-state index is 0.0428. The number of hydrogen-bond acceptors (Lipinski definition) is 5. The molecule has 1 aromatic heterocycles. The zero-order chi connectivity index (χ0) is 22.0. The molecule has 0 saturated heterocycles. The zero-order valence-electron chi connectivity index (χ0n) is 17.9. The van der Waals surface area contributed by atoms with Crippen LogP contribution in [0, 0.1) is 11.7 Å². The van der Waals surface area contributed by atoms with Gasteiger partial charge in [-0.15, -0.1) is 0 Å². The van der Waals surface area contributed by atoms with Crippen LogP contribution in [0.3, 0.4) is 0 Å². The fourth-order valence-corrected chi connectivity index (χ4v) is 5.38. The first-order valence-corrected chi connectivity index (χ1v) is 11.2. The van der Waals surface area contributed by atoms with Gasteiger partial charge in [0, 0.05) is 19.0 Å². The lowest BCUT2D eigenvalue weighted by Crippen LogP contribution is -2.36. The highest BCUT2D eigenvalue weighted by Crippen LogP contribution is 2.46. The largest absolute Gasteiger partial charge is 0.495 e. The number of ether oxygens (including phenoxy) is 2. The SMILES string of the molecule is COC(=O)C1CCC(N(C)c2cc(-c3ccsc3)ccc2OC)C1c1ccc(F)cc1. The third-order valence-corrected chi connectivity index (χ3v) is 6.97. The van der Waals surface area contributed by atoms with Crippen molar-refractivity contribution in [2.24, 2.45) is 5.92 Å². The van der Waals surface area contributed by atoms with E-state index >= 15 is 0 Å². The van der Waals surface area contributed by atoms with Crippen LogP contribution in [0.1, 0.15) is 24.3 Å². The Bertz CT molecular complexity index is 1040. The Balaban J connectivity index is 1.74. The molecule has 4 rings (SSSR count). The van der Waals surface area contributed by atoms with Crippen molar-refractivity contribution >= 4 is 23.0 Å². The highest BCUT2D eigenvalue weighted by atomic mass is 32.1. The molecule has 6 heteroatoms. The number of anilines is 1. The number of methoxy groups -OCH3 is 2. The summed E-state index contributed by atoms with van der Waals surface area (Å²) in [6, 6.07) is 14.8. The van der Waals surface area contributed by atoms with E-state index in [-0.39, 0.29) is 29.7 Å². The molecular weight excluding hydrogens is 413 g/mol. The minimum Gasteiger partial charge on any atom is -0.495 e. The fourth-order valence-electron chi connectivity index (χ4n) is 4.72. The summed E-state index contributed by atoms with van der Waals surface area (Å²) >= 11 is 1.66. The fraction of sp³-hybridized carbons (Fsp3) is 0.320. The van der Waals surface area contributed by atoms with Gasteiger partial charge >= 0.3 is 5.97 Å². The maximum Gasteiger partial charge on any atom is 0.309 e. The highest BCUT2D eigenvalue weighted by Gasteiger charge is 2.44. The molecule has 0 bridgehead atoms. The van der Waals surface area contributed by atoms with E-state index in [9.17, 15) is 9.18 Å². The third-order valence-electron chi connectivity index (χ3n) is 6.29. The molecule has 1 aliphatic rings. The molecule has 0 amide bonds. The van der Waals surface area contributed by atoms with Gasteiger partial charge in [0.15, 0.2) is 0 Å². The molecule has 1 aliphatic carbocycles. The molecule has 1 fully saturated rings. The molecule has 0 N–H and O–H groups in total. The Hall–Kier alpha value is -2.86. The lowest BCUT2D eigenvalue weighted by Gasteiger charge is -2.34. The summed E-state index contributed by atoms with van der Waals surface area (Å²) in [5.41, 5.74) is 4.19. The maximum atomic E-state index is 13.6. The number of benzene rings is 2. The molecule has 3 unspecified atom stereocenters. The van der Waals surface area contributed by atoms with Crippen molar-refractivity contribution in [1.82, 2.24) is 0 Å². The molecular formula is C25H26FNO3S. The van der Waals surface area contributed by atoms with Crippen molar-refractivity contribution in [3.8, 4) is 16.9 Å². The van der Waals surface area contributed by atoms with Crippen molar-refractivity contribution < 1.29 is 18.7 Å². The highest BCUT2D eigenvalue weighted by molar-refractivity contribution is 7.08. The normalized spacial score (nSPS) is 20.5. The van der Waals surface area contributed by atoms with Gasteiger partial charge in [0.05, 0.1) is 25.8 Å². The number of esters is 1. The van der Waals surface area contributed by atoms with Crippen LogP contribution in [0.15, 0.2) is 59.3 Å². The quantitative estimate of drug-likeness (QED) is 0.460. The van der Waals surface area contributed by atoms with Gasteiger partial charge in [0.1, 0.15) is 11.6 Å². The monoisotopic (exact) mass is 439 g/mol. The molecule has 162 valence electrons. The number of nitrogens with zero attached hydrogens (tertiary/aromatic N) is 1. The van der Waals surface area contributed by atoms with Crippen LogP contribution in [0.5, 0.6) is 5.75 Å². The van der Waals surface area contributed by atoms with E-state index in [4.69, 9.17) is 9.47 Å². The molecule has 4 nitrogen and oxygen atoms in total. The second-order valence-electron chi connectivity index (χ2n) is 7.86. The summed E-state index contributed by atoms with van der Waals surface area (Å²) < 4.78 is 24.3. The Morgan fingerprint density at radius 2 is 1.84 bits per heavy atom. The van der Waals surface area contributed by atoms with Crippen LogP contribution in [-0.4, -0.2) is 33.3 Å². The molecule has 0 spiro atoms. The molecule has 0 radical (unpaired) electrons. The van der Waals surface area contributed by atoms with E-state index in [1.807, 2.05) is 13.1 Å². The van der Waals surface area contributed by atoms with Gasteiger partial charge < -0.3 is 14.4 Å². The third kappa shape index (κ3) is 4.17. The summed E-state index contributed by atoms with van der Waals surface area (Å²) in [4.78, 5) is 14.8. The number of thiophene rings is 1. The van der Waals surface area contributed by atoms with Crippen LogP contribution in [-0.2, 0) is 9.53 Å². The summed E-state index contributed by atoms with van der Waals surface area (Å²) in [6.07, 6.45) is 1.54. The molecule has 1 heterocycles. The van der Waals surface area contributed by atoms with Gasteiger partial charge in [0.25, 0.3) is 0 Å². The number of halogens is 1. The van der Waals surface area contributed by atoms with Gasteiger partial charge in [-0.1, -0.05) is 18.2 Å². The van der Waals surface area contributed by atoms with Crippen LogP contribution in [0.2, 0.25) is 0 Å². The second-order valence-corrected chi connectivity index (χ2v) is 8.64. The first kappa shape index (κ1) is 21.4. The second kappa shape index (κ2) is 9.10. The Morgan fingerprint density at radius 1 is 1.06 bits per heavy atom. The number of hydrogen-bond donors (Lipinski definition) is 0. The molecule has 31 heavy (non-hydrogen) atoms. The molecule has 1 saturated carbocycles. The summed E-state index contributed by atoms with van der Waals surface area (Å²) in [6.45, 7) is 0. The number of rotatable bonds is 6. The first-order valence-electron chi connectivity index (χ1n) is 10.3. The van der Waals surface area contributed by atoms with E-state index in [1.54, 1.807) is 30.6 Å². The van der Waals surface area contributed by atoms with Gasteiger partial charge in [-0.25, -0.2) is 4.39 Å². The zero-order valence-corrected chi connectivity index (χ0v) is 18.7. The van der Waals surface area contributed by atoms with E-state index in [0.717, 1.165) is 41.0 Å². The average molecular weight is 440 g/mol. The van der Waals surface area contributed by atoms with E-state index < -0.39 is 0 Å². The Labute approximate surface area is 186 Å². The molecule has 3 aromatic rings. The lowest BCUT2D eigenvalue weighted by molar-refractivity contribution is -0.145. The topological polar surface area (TPSA) is 38.8 Å². The van der Waals surface area contributed by atoms with Crippen LogP contribution in [0.25, 0.3) is 11.1 Å². The van der Waals surface area contributed by atoms with Crippen molar-refractivity contribution in [2.75, 3.05) is 26.2 Å². The minimum atomic E-state index is -0.286. The summed E-state index contributed by atoms with van der Waals surface area (Å²) in [5.74, 6) is -0.0991. The van der Waals surface area contributed by atoms with Gasteiger partial charge in [-0.3, -0.25) is 4.79 Å². The lowest BCUT2D eigenvalue weighted by atomic mass is 9.85. The average Bonchev–Trinajstić information content (AvgIpc) is 3.48. The smallest absolute Gasteiger partial charge is 0.309 e. The maximum absolute atomic E-state index is 13.6. The standard InChI is InChI=1S/C25H26FNO3S/c1-27(22-14-17(6-11-23(22)29-2)18-12-13-31-15-18)21-10-9-20(25(28)30-3)24(21)16-4-7-19(26)8-5-16/h4-8,11-15,20-21,24H,9-10H2,1-3H3. The predicted octanol–water partition coefficient (Wildman–Crippen LogP) is 5.73. The number of likely N-dealkylation sites (N-methyl/N-ethyl adjacent to an activating group) is 1. The van der Waals surface area contributed by atoms with E-state index in [2.05, 4.69) is 33.9 Å². The van der Waals surface area contributed by atoms with Crippen LogP contribution < -0.4 is 9.64 Å². The summed E-state index contributed by atoms with van der Waals surface area (Å²) in [5, 5.41) is 4.18.